The lowest BCUT2D eigenvalue weighted by molar-refractivity contribution is 0.547. The van der Waals surface area contributed by atoms with Gasteiger partial charge in [-0.15, -0.1) is 0 Å². The quantitative estimate of drug-likeness (QED) is 0.638. The first-order valence-corrected chi connectivity index (χ1v) is 6.69. The minimum atomic E-state index is 0.125. The fourth-order valence-corrected chi connectivity index (χ4v) is 2.41. The predicted molar refractivity (Wildman–Crippen MR) is 78.6 cm³/mol. The van der Waals surface area contributed by atoms with Gasteiger partial charge in [0, 0.05) is 12.4 Å². The number of nitrogens with two attached hydrogens (primary N) is 1. The lowest BCUT2D eigenvalue weighted by Gasteiger charge is -2.19. The van der Waals surface area contributed by atoms with Gasteiger partial charge in [0.1, 0.15) is 0 Å². The van der Waals surface area contributed by atoms with Gasteiger partial charge in [-0.05, 0) is 42.5 Å². The molecule has 0 amide bonds. The van der Waals surface area contributed by atoms with Crippen molar-refractivity contribution in [3.05, 3.63) is 65.0 Å². The van der Waals surface area contributed by atoms with E-state index in [1.807, 2.05) is 12.4 Å². The fraction of sp³-hybridized carbons (Fsp3) is 0.312. The number of pyridine rings is 1. The summed E-state index contributed by atoms with van der Waals surface area (Å²) in [4.78, 5) is 4.19. The van der Waals surface area contributed by atoms with E-state index in [1.165, 1.54) is 22.3 Å². The third-order valence-electron chi connectivity index (χ3n) is 3.42. The van der Waals surface area contributed by atoms with Gasteiger partial charge in [-0.25, -0.2) is 0 Å². The molecule has 3 N–H and O–H groups in total. The number of hydrazine groups is 1. The highest BCUT2D eigenvalue weighted by Crippen LogP contribution is 2.21. The Morgan fingerprint density at radius 2 is 2.16 bits per heavy atom. The molecule has 19 heavy (non-hydrogen) atoms. The first-order chi connectivity index (χ1) is 9.24. The van der Waals surface area contributed by atoms with Crippen LogP contribution in [0.5, 0.6) is 0 Å². The van der Waals surface area contributed by atoms with E-state index in [1.54, 1.807) is 0 Å². The van der Waals surface area contributed by atoms with Crippen LogP contribution in [-0.2, 0) is 12.8 Å². The SMILES string of the molecule is CCc1cnccc1C(Cc1cccc(C)c1)NN. The van der Waals surface area contributed by atoms with E-state index in [0.29, 0.717) is 0 Å². The first kappa shape index (κ1) is 13.7. The maximum atomic E-state index is 5.74. The number of benzene rings is 1. The molecule has 0 saturated carbocycles. The monoisotopic (exact) mass is 255 g/mol. The smallest absolute Gasteiger partial charge is 0.0504 e. The van der Waals surface area contributed by atoms with Crippen molar-refractivity contribution in [1.29, 1.82) is 0 Å². The number of hydrogen-bond donors (Lipinski definition) is 2. The van der Waals surface area contributed by atoms with Crippen molar-refractivity contribution in [2.75, 3.05) is 0 Å². The molecule has 0 fully saturated rings. The molecule has 0 bridgehead atoms. The van der Waals surface area contributed by atoms with Gasteiger partial charge < -0.3 is 0 Å². The van der Waals surface area contributed by atoms with Crippen molar-refractivity contribution in [2.45, 2.75) is 32.7 Å². The Kier molecular flexibility index (Phi) is 4.66. The summed E-state index contributed by atoms with van der Waals surface area (Å²) < 4.78 is 0. The molecule has 2 rings (SSSR count). The van der Waals surface area contributed by atoms with E-state index in [2.05, 4.69) is 54.6 Å². The van der Waals surface area contributed by atoms with E-state index in [-0.39, 0.29) is 6.04 Å². The molecule has 2 aromatic rings. The van der Waals surface area contributed by atoms with E-state index in [0.717, 1.165) is 12.8 Å². The summed E-state index contributed by atoms with van der Waals surface area (Å²) in [6, 6.07) is 10.7. The molecule has 1 aromatic heterocycles. The van der Waals surface area contributed by atoms with E-state index in [4.69, 9.17) is 5.84 Å². The molecule has 1 atom stereocenters. The van der Waals surface area contributed by atoms with Crippen molar-refractivity contribution in [3.8, 4) is 0 Å². The molecule has 0 aliphatic carbocycles. The molecule has 1 unspecified atom stereocenters. The molecule has 1 aromatic carbocycles. The Morgan fingerprint density at radius 1 is 1.32 bits per heavy atom. The van der Waals surface area contributed by atoms with Gasteiger partial charge in [-0.2, -0.15) is 0 Å². The van der Waals surface area contributed by atoms with Gasteiger partial charge >= 0.3 is 0 Å². The molecule has 1 heterocycles. The summed E-state index contributed by atoms with van der Waals surface area (Å²) in [5.41, 5.74) is 7.99. The third-order valence-corrected chi connectivity index (χ3v) is 3.42. The third kappa shape index (κ3) is 3.40. The zero-order chi connectivity index (χ0) is 13.7. The molecule has 0 spiro atoms. The highest BCUT2D eigenvalue weighted by molar-refractivity contribution is 5.30. The minimum Gasteiger partial charge on any atom is -0.271 e. The van der Waals surface area contributed by atoms with Gasteiger partial charge in [-0.1, -0.05) is 36.8 Å². The van der Waals surface area contributed by atoms with E-state index >= 15 is 0 Å². The summed E-state index contributed by atoms with van der Waals surface area (Å²) in [7, 11) is 0. The summed E-state index contributed by atoms with van der Waals surface area (Å²) in [5.74, 6) is 5.74. The van der Waals surface area contributed by atoms with Crippen LogP contribution in [0.2, 0.25) is 0 Å². The van der Waals surface area contributed by atoms with Crippen LogP contribution in [0.3, 0.4) is 0 Å². The van der Waals surface area contributed by atoms with Gasteiger partial charge in [0.15, 0.2) is 0 Å². The van der Waals surface area contributed by atoms with Crippen LogP contribution in [0.15, 0.2) is 42.7 Å². The van der Waals surface area contributed by atoms with Gasteiger partial charge in [0.05, 0.1) is 6.04 Å². The van der Waals surface area contributed by atoms with Crippen LogP contribution >= 0.6 is 0 Å². The van der Waals surface area contributed by atoms with Crippen LogP contribution in [0, 0.1) is 6.92 Å². The second-order valence-corrected chi connectivity index (χ2v) is 4.84. The largest absolute Gasteiger partial charge is 0.271 e. The topological polar surface area (TPSA) is 50.9 Å². The Morgan fingerprint density at radius 3 is 2.84 bits per heavy atom. The lowest BCUT2D eigenvalue weighted by Crippen LogP contribution is -2.30. The van der Waals surface area contributed by atoms with Gasteiger partial charge in [0.2, 0.25) is 0 Å². The molecule has 100 valence electrons. The van der Waals surface area contributed by atoms with Crippen molar-refractivity contribution in [3.63, 3.8) is 0 Å². The van der Waals surface area contributed by atoms with Crippen LogP contribution in [0.25, 0.3) is 0 Å². The number of aromatic nitrogens is 1. The Balaban J connectivity index is 2.25. The van der Waals surface area contributed by atoms with Crippen LogP contribution in [0.4, 0.5) is 0 Å². The summed E-state index contributed by atoms with van der Waals surface area (Å²) in [5, 5.41) is 0. The van der Waals surface area contributed by atoms with Crippen molar-refractivity contribution < 1.29 is 0 Å². The molecule has 0 saturated heterocycles. The normalized spacial score (nSPS) is 12.4. The highest BCUT2D eigenvalue weighted by atomic mass is 15.2. The van der Waals surface area contributed by atoms with Gasteiger partial charge in [0.25, 0.3) is 0 Å². The van der Waals surface area contributed by atoms with Gasteiger partial charge in [-0.3, -0.25) is 16.3 Å². The number of nitrogens with one attached hydrogen (secondary N) is 1. The Labute approximate surface area is 114 Å². The summed E-state index contributed by atoms with van der Waals surface area (Å²) >= 11 is 0. The zero-order valence-electron chi connectivity index (χ0n) is 11.6. The van der Waals surface area contributed by atoms with E-state index < -0.39 is 0 Å². The Bertz CT molecular complexity index is 537. The Hall–Kier alpha value is -1.71. The molecular weight excluding hydrogens is 234 g/mol. The second-order valence-electron chi connectivity index (χ2n) is 4.84. The average molecular weight is 255 g/mol. The molecule has 0 radical (unpaired) electrons. The molecule has 0 aliphatic rings. The molecular formula is C16H21N3. The summed E-state index contributed by atoms with van der Waals surface area (Å²) in [6.07, 6.45) is 5.61. The first-order valence-electron chi connectivity index (χ1n) is 6.69. The number of rotatable bonds is 5. The maximum Gasteiger partial charge on any atom is 0.0504 e. The lowest BCUT2D eigenvalue weighted by atomic mass is 9.95. The maximum absolute atomic E-state index is 5.74. The van der Waals surface area contributed by atoms with Crippen molar-refractivity contribution in [1.82, 2.24) is 10.4 Å². The molecule has 3 nitrogen and oxygen atoms in total. The van der Waals surface area contributed by atoms with Crippen molar-refractivity contribution in [2.24, 2.45) is 5.84 Å². The van der Waals surface area contributed by atoms with Crippen molar-refractivity contribution >= 4 is 0 Å². The van der Waals surface area contributed by atoms with Crippen LogP contribution < -0.4 is 11.3 Å². The van der Waals surface area contributed by atoms with Crippen LogP contribution in [0.1, 0.15) is 35.2 Å². The molecule has 3 heteroatoms. The standard InChI is InChI=1S/C16H21N3/c1-3-14-11-18-8-7-15(14)16(19-17)10-13-6-4-5-12(2)9-13/h4-9,11,16,19H,3,10,17H2,1-2H3. The van der Waals surface area contributed by atoms with Crippen LogP contribution in [-0.4, -0.2) is 4.98 Å². The summed E-state index contributed by atoms with van der Waals surface area (Å²) in [6.45, 7) is 4.25. The number of aryl methyl sites for hydroxylation is 2. The number of hydrogen-bond acceptors (Lipinski definition) is 3. The highest BCUT2D eigenvalue weighted by Gasteiger charge is 2.13. The predicted octanol–water partition coefficient (Wildman–Crippen LogP) is 2.70. The zero-order valence-corrected chi connectivity index (χ0v) is 11.6. The minimum absolute atomic E-state index is 0.125. The van der Waals surface area contributed by atoms with E-state index in [9.17, 15) is 0 Å². The fourth-order valence-electron chi connectivity index (χ4n) is 2.41. The average Bonchev–Trinajstić information content (AvgIpc) is 2.45. The second kappa shape index (κ2) is 6.45. The number of nitrogens with zero attached hydrogens (tertiary/aromatic N) is 1. The molecule has 0 aliphatic heterocycles.